The molecule has 1 saturated carbocycles. The van der Waals surface area contributed by atoms with Gasteiger partial charge >= 0.3 is 0 Å². The van der Waals surface area contributed by atoms with E-state index in [1.807, 2.05) is 26.1 Å². The van der Waals surface area contributed by atoms with Gasteiger partial charge in [-0.1, -0.05) is 13.8 Å². The van der Waals surface area contributed by atoms with Crippen molar-refractivity contribution in [3.63, 3.8) is 0 Å². The van der Waals surface area contributed by atoms with E-state index in [1.165, 1.54) is 0 Å². The van der Waals surface area contributed by atoms with Gasteiger partial charge in [0.05, 0.1) is 11.8 Å². The highest BCUT2D eigenvalue weighted by atomic mass is 16.5. The number of nitrogens with one attached hydrogen (secondary N) is 1. The molecule has 1 aliphatic carbocycles. The molecule has 0 spiro atoms. The van der Waals surface area contributed by atoms with E-state index < -0.39 is 0 Å². The molecule has 3 atom stereocenters. The van der Waals surface area contributed by atoms with Gasteiger partial charge in [0.15, 0.2) is 0 Å². The first-order valence-electron chi connectivity index (χ1n) is 7.63. The lowest BCUT2D eigenvalue weighted by molar-refractivity contribution is -0.109. The molecule has 2 rings (SSSR count). The van der Waals surface area contributed by atoms with Crippen molar-refractivity contribution in [3.05, 3.63) is 28.7 Å². The van der Waals surface area contributed by atoms with Gasteiger partial charge in [0.25, 0.3) is 5.56 Å². The van der Waals surface area contributed by atoms with Crippen LogP contribution in [0, 0.1) is 5.41 Å². The Morgan fingerprint density at radius 2 is 2.15 bits per heavy atom. The van der Waals surface area contributed by atoms with Crippen molar-refractivity contribution >= 4 is 5.69 Å². The predicted octanol–water partition coefficient (Wildman–Crippen LogP) is 2.87. The van der Waals surface area contributed by atoms with Gasteiger partial charge in [0.1, 0.15) is 0 Å². The molecule has 3 unspecified atom stereocenters. The summed E-state index contributed by atoms with van der Waals surface area (Å²) in [6.45, 7) is 10.0. The maximum Gasteiger partial charge on any atom is 0.250 e. The van der Waals surface area contributed by atoms with Crippen LogP contribution in [-0.4, -0.2) is 23.3 Å². The number of hydrogen-bond acceptors (Lipinski definition) is 3. The highest BCUT2D eigenvalue weighted by molar-refractivity contribution is 5.43. The molecule has 1 fully saturated rings. The number of rotatable bonds is 6. The maximum atomic E-state index is 11.6. The number of aryl methyl sites for hydroxylation is 1. The Kier molecular flexibility index (Phi) is 4.53. The molecule has 0 bridgehead atoms. The third-order valence-electron chi connectivity index (χ3n) is 4.78. The Morgan fingerprint density at radius 3 is 2.75 bits per heavy atom. The lowest BCUT2D eigenvalue weighted by atomic mass is 9.61. The van der Waals surface area contributed by atoms with Gasteiger partial charge in [-0.2, -0.15) is 0 Å². The van der Waals surface area contributed by atoms with Crippen molar-refractivity contribution in [1.29, 1.82) is 0 Å². The second-order valence-electron chi connectivity index (χ2n) is 5.78. The van der Waals surface area contributed by atoms with Crippen LogP contribution in [0.1, 0.15) is 40.5 Å². The summed E-state index contributed by atoms with van der Waals surface area (Å²) < 4.78 is 7.55. The third-order valence-corrected chi connectivity index (χ3v) is 4.78. The lowest BCUT2D eigenvalue weighted by Gasteiger charge is -2.53. The van der Waals surface area contributed by atoms with Crippen molar-refractivity contribution in [2.75, 3.05) is 11.9 Å². The Bertz CT molecular complexity index is 511. The highest BCUT2D eigenvalue weighted by Crippen LogP contribution is 2.47. The van der Waals surface area contributed by atoms with Crippen LogP contribution in [0.15, 0.2) is 23.1 Å². The quantitative estimate of drug-likeness (QED) is 0.870. The van der Waals surface area contributed by atoms with Crippen LogP contribution in [0.25, 0.3) is 0 Å². The maximum absolute atomic E-state index is 11.6. The number of nitrogens with zero attached hydrogens (tertiary/aromatic N) is 1. The number of hydrogen-bond donors (Lipinski definition) is 1. The van der Waals surface area contributed by atoms with Crippen molar-refractivity contribution in [1.82, 2.24) is 4.57 Å². The van der Waals surface area contributed by atoms with Gasteiger partial charge in [-0.15, -0.1) is 0 Å². The van der Waals surface area contributed by atoms with Gasteiger partial charge in [0, 0.05) is 36.9 Å². The Morgan fingerprint density at radius 1 is 1.40 bits per heavy atom. The molecule has 1 aromatic rings. The summed E-state index contributed by atoms with van der Waals surface area (Å²) in [5, 5.41) is 3.57. The summed E-state index contributed by atoms with van der Waals surface area (Å²) in [7, 11) is 0. The van der Waals surface area contributed by atoms with E-state index in [9.17, 15) is 4.79 Å². The first-order valence-corrected chi connectivity index (χ1v) is 7.63. The molecule has 1 aromatic heterocycles. The zero-order valence-electron chi connectivity index (χ0n) is 13.0. The average molecular weight is 278 g/mol. The molecule has 4 heteroatoms. The molecule has 112 valence electrons. The summed E-state index contributed by atoms with van der Waals surface area (Å²) >= 11 is 0. The van der Waals surface area contributed by atoms with Crippen LogP contribution in [-0.2, 0) is 11.3 Å². The standard InChI is InChI=1S/C16H26N2O2/c1-5-16(4)13(10-14(16)20-7-3)17-12-8-9-15(19)18(6-2)11-12/h8-9,11,13-14,17H,5-7,10H2,1-4H3. The number of aromatic nitrogens is 1. The largest absolute Gasteiger partial charge is 0.380 e. The first kappa shape index (κ1) is 15.1. The Labute approximate surface area is 121 Å². The van der Waals surface area contributed by atoms with E-state index in [4.69, 9.17) is 4.74 Å². The molecule has 0 amide bonds. The van der Waals surface area contributed by atoms with E-state index in [2.05, 4.69) is 19.2 Å². The molecule has 4 nitrogen and oxygen atoms in total. The minimum absolute atomic E-state index is 0.0529. The fourth-order valence-electron chi connectivity index (χ4n) is 3.04. The number of pyridine rings is 1. The monoisotopic (exact) mass is 278 g/mol. The summed E-state index contributed by atoms with van der Waals surface area (Å²) in [5.74, 6) is 0. The molecular weight excluding hydrogens is 252 g/mol. The molecule has 20 heavy (non-hydrogen) atoms. The van der Waals surface area contributed by atoms with Crippen LogP contribution in [0.4, 0.5) is 5.69 Å². The minimum atomic E-state index is 0.0529. The van der Waals surface area contributed by atoms with E-state index in [0.29, 0.717) is 18.7 Å². The summed E-state index contributed by atoms with van der Waals surface area (Å²) in [6, 6.07) is 3.92. The van der Waals surface area contributed by atoms with E-state index in [-0.39, 0.29) is 11.0 Å². The van der Waals surface area contributed by atoms with Gasteiger partial charge in [-0.3, -0.25) is 4.79 Å². The van der Waals surface area contributed by atoms with Crippen LogP contribution in [0.3, 0.4) is 0 Å². The molecule has 0 radical (unpaired) electrons. The van der Waals surface area contributed by atoms with Crippen molar-refractivity contribution < 1.29 is 4.74 Å². The average Bonchev–Trinajstić information content (AvgIpc) is 2.46. The fourth-order valence-corrected chi connectivity index (χ4v) is 3.04. The highest BCUT2D eigenvalue weighted by Gasteiger charge is 2.51. The van der Waals surface area contributed by atoms with Gasteiger partial charge in [0.2, 0.25) is 0 Å². The van der Waals surface area contributed by atoms with E-state index in [1.54, 1.807) is 10.6 Å². The topological polar surface area (TPSA) is 43.3 Å². The molecule has 0 saturated heterocycles. The van der Waals surface area contributed by atoms with E-state index in [0.717, 1.165) is 25.1 Å². The summed E-state index contributed by atoms with van der Waals surface area (Å²) in [6.07, 6.45) is 4.37. The summed E-state index contributed by atoms with van der Waals surface area (Å²) in [5.41, 5.74) is 1.24. The fraction of sp³-hybridized carbons (Fsp3) is 0.688. The second kappa shape index (κ2) is 6.00. The van der Waals surface area contributed by atoms with Crippen molar-refractivity contribution in [3.8, 4) is 0 Å². The molecule has 0 aliphatic heterocycles. The van der Waals surface area contributed by atoms with Crippen molar-refractivity contribution in [2.24, 2.45) is 5.41 Å². The second-order valence-corrected chi connectivity index (χ2v) is 5.78. The van der Waals surface area contributed by atoms with Crippen LogP contribution >= 0.6 is 0 Å². The van der Waals surface area contributed by atoms with E-state index >= 15 is 0 Å². The molecular formula is C16H26N2O2. The number of anilines is 1. The van der Waals surface area contributed by atoms with Gasteiger partial charge in [-0.25, -0.2) is 0 Å². The minimum Gasteiger partial charge on any atom is -0.380 e. The van der Waals surface area contributed by atoms with Gasteiger partial charge < -0.3 is 14.6 Å². The predicted molar refractivity (Wildman–Crippen MR) is 82.2 cm³/mol. The molecule has 1 N–H and O–H groups in total. The molecule has 0 aromatic carbocycles. The Balaban J connectivity index is 2.09. The smallest absolute Gasteiger partial charge is 0.250 e. The van der Waals surface area contributed by atoms with Crippen molar-refractivity contribution in [2.45, 2.75) is 59.2 Å². The zero-order chi connectivity index (χ0) is 14.8. The first-order chi connectivity index (χ1) is 9.55. The number of ether oxygens (including phenoxy) is 1. The SMILES string of the molecule is CCOC1CC(Nc2ccc(=O)n(CC)c2)C1(C)CC. The van der Waals surface area contributed by atoms with Crippen LogP contribution in [0.2, 0.25) is 0 Å². The van der Waals surface area contributed by atoms with Gasteiger partial charge in [-0.05, 0) is 32.8 Å². The van der Waals surface area contributed by atoms with Crippen LogP contribution in [0.5, 0.6) is 0 Å². The summed E-state index contributed by atoms with van der Waals surface area (Å²) in [4.78, 5) is 11.6. The third kappa shape index (κ3) is 2.62. The molecule has 1 heterocycles. The van der Waals surface area contributed by atoms with Crippen LogP contribution < -0.4 is 10.9 Å². The molecule has 1 aliphatic rings. The lowest BCUT2D eigenvalue weighted by Crippen LogP contribution is -2.59. The zero-order valence-corrected chi connectivity index (χ0v) is 13.0. The normalized spacial score (nSPS) is 29.0. The Hall–Kier alpha value is -1.29.